The molecular weight excluding hydrogens is 196 g/mol. The zero-order valence-electron chi connectivity index (χ0n) is 8.65. The van der Waals surface area contributed by atoms with Gasteiger partial charge < -0.3 is 15.4 Å². The molecule has 0 radical (unpaired) electrons. The van der Waals surface area contributed by atoms with Gasteiger partial charge in [-0.3, -0.25) is 4.79 Å². The van der Waals surface area contributed by atoms with Gasteiger partial charge in [-0.1, -0.05) is 0 Å². The number of carbonyl (C=O) groups excluding carboxylic acids is 2. The Labute approximate surface area is 88.5 Å². The van der Waals surface area contributed by atoms with Crippen molar-refractivity contribution < 1.29 is 14.3 Å². The molecule has 5 nitrogen and oxygen atoms in total. The molecule has 1 saturated carbocycles. The minimum atomic E-state index is -0.749. The van der Waals surface area contributed by atoms with Crippen LogP contribution in [0.2, 0.25) is 0 Å². The highest BCUT2D eigenvalue weighted by atomic mass is 16.6. The Hall–Kier alpha value is -1.26. The van der Waals surface area contributed by atoms with Crippen LogP contribution in [0.5, 0.6) is 0 Å². The van der Waals surface area contributed by atoms with E-state index in [4.69, 9.17) is 10.5 Å². The lowest BCUT2D eigenvalue weighted by atomic mass is 10.1. The second-order valence-corrected chi connectivity index (χ2v) is 4.26. The van der Waals surface area contributed by atoms with E-state index in [1.807, 2.05) is 0 Å². The fourth-order valence-electron chi connectivity index (χ4n) is 1.99. The van der Waals surface area contributed by atoms with Gasteiger partial charge in [0.25, 0.3) is 0 Å². The number of primary amides is 1. The van der Waals surface area contributed by atoms with Crippen LogP contribution in [0.1, 0.15) is 25.7 Å². The number of hydrogen-bond donors (Lipinski definition) is 1. The Morgan fingerprint density at radius 2 is 2.00 bits per heavy atom. The van der Waals surface area contributed by atoms with E-state index in [1.54, 1.807) is 4.90 Å². The number of amides is 2. The molecule has 0 bridgehead atoms. The number of likely N-dealkylation sites (tertiary alicyclic amines) is 1. The van der Waals surface area contributed by atoms with Crippen molar-refractivity contribution in [2.24, 2.45) is 11.7 Å². The van der Waals surface area contributed by atoms with Crippen molar-refractivity contribution in [2.75, 3.05) is 13.1 Å². The molecule has 1 aliphatic heterocycles. The van der Waals surface area contributed by atoms with Crippen LogP contribution in [-0.4, -0.2) is 36.1 Å². The average Bonchev–Trinajstić information content (AvgIpc) is 2.99. The Morgan fingerprint density at radius 1 is 1.27 bits per heavy atom. The molecule has 84 valence electrons. The molecule has 0 aromatic carbocycles. The van der Waals surface area contributed by atoms with Gasteiger partial charge in [-0.15, -0.1) is 0 Å². The lowest BCUT2D eigenvalue weighted by Gasteiger charge is -2.32. The second-order valence-electron chi connectivity index (χ2n) is 4.26. The molecule has 0 spiro atoms. The Balaban J connectivity index is 1.85. The summed E-state index contributed by atoms with van der Waals surface area (Å²) >= 11 is 0. The molecule has 1 unspecified atom stereocenters. The summed E-state index contributed by atoms with van der Waals surface area (Å²) in [5, 5.41) is 0. The topological polar surface area (TPSA) is 72.6 Å². The zero-order valence-corrected chi connectivity index (χ0v) is 8.65. The van der Waals surface area contributed by atoms with Gasteiger partial charge in [0.05, 0.1) is 6.54 Å². The summed E-state index contributed by atoms with van der Waals surface area (Å²) < 4.78 is 4.92. The summed E-state index contributed by atoms with van der Waals surface area (Å²) in [6.07, 6.45) is 2.75. The van der Waals surface area contributed by atoms with Crippen molar-refractivity contribution in [3.63, 3.8) is 0 Å². The Kier molecular flexibility index (Phi) is 2.79. The highest BCUT2D eigenvalue weighted by Crippen LogP contribution is 2.32. The summed E-state index contributed by atoms with van der Waals surface area (Å²) in [5.74, 6) is 0.449. The molecule has 2 fully saturated rings. The van der Waals surface area contributed by atoms with Gasteiger partial charge >= 0.3 is 6.09 Å². The lowest BCUT2D eigenvalue weighted by Crippen LogP contribution is -2.45. The number of nitrogens with zero attached hydrogens (tertiary/aromatic N) is 1. The fourth-order valence-corrected chi connectivity index (χ4v) is 1.99. The maximum Gasteiger partial charge on any atom is 0.404 e. The van der Waals surface area contributed by atoms with E-state index in [1.165, 1.54) is 0 Å². The van der Waals surface area contributed by atoms with Crippen molar-refractivity contribution in [2.45, 2.75) is 31.8 Å². The molecule has 1 saturated heterocycles. The maximum atomic E-state index is 11.7. The summed E-state index contributed by atoms with van der Waals surface area (Å²) in [5.41, 5.74) is 4.95. The largest absolute Gasteiger partial charge is 0.445 e. The van der Waals surface area contributed by atoms with Crippen molar-refractivity contribution in [1.82, 2.24) is 4.90 Å². The SMILES string of the molecule is NC(=O)OC1CCCN(C(=O)C2CC2)C1. The standard InChI is InChI=1S/C10H16N2O3/c11-10(14)15-8-2-1-5-12(6-8)9(13)7-3-4-7/h7-8H,1-6H2,(H2,11,14). The lowest BCUT2D eigenvalue weighted by molar-refractivity contribution is -0.135. The summed E-state index contributed by atoms with van der Waals surface area (Å²) in [4.78, 5) is 24.1. The number of rotatable bonds is 2. The first-order chi connectivity index (χ1) is 7.16. The van der Waals surface area contributed by atoms with Gasteiger partial charge in [-0.25, -0.2) is 4.79 Å². The van der Waals surface area contributed by atoms with E-state index >= 15 is 0 Å². The van der Waals surface area contributed by atoms with Crippen LogP contribution in [0, 0.1) is 5.92 Å². The van der Waals surface area contributed by atoms with Gasteiger partial charge in [0.15, 0.2) is 0 Å². The highest BCUT2D eigenvalue weighted by molar-refractivity contribution is 5.81. The smallest absolute Gasteiger partial charge is 0.404 e. The minimum Gasteiger partial charge on any atom is -0.445 e. The van der Waals surface area contributed by atoms with Crippen LogP contribution in [-0.2, 0) is 9.53 Å². The van der Waals surface area contributed by atoms with E-state index in [0.717, 1.165) is 32.2 Å². The Morgan fingerprint density at radius 3 is 2.60 bits per heavy atom. The summed E-state index contributed by atoms with van der Waals surface area (Å²) in [7, 11) is 0. The van der Waals surface area contributed by atoms with Crippen molar-refractivity contribution >= 4 is 12.0 Å². The van der Waals surface area contributed by atoms with Gasteiger partial charge in [-0.05, 0) is 25.7 Å². The van der Waals surface area contributed by atoms with E-state index in [0.29, 0.717) is 6.54 Å². The third kappa shape index (κ3) is 2.61. The van der Waals surface area contributed by atoms with Crippen LogP contribution >= 0.6 is 0 Å². The number of hydrogen-bond acceptors (Lipinski definition) is 3. The number of carbonyl (C=O) groups is 2. The zero-order chi connectivity index (χ0) is 10.8. The number of ether oxygens (including phenoxy) is 1. The Bertz CT molecular complexity index is 276. The molecule has 2 rings (SSSR count). The fraction of sp³-hybridized carbons (Fsp3) is 0.800. The van der Waals surface area contributed by atoms with Crippen molar-refractivity contribution in [1.29, 1.82) is 0 Å². The first kappa shape index (κ1) is 10.3. The molecule has 1 heterocycles. The van der Waals surface area contributed by atoms with Gasteiger partial charge in [0.2, 0.25) is 5.91 Å². The van der Waals surface area contributed by atoms with Crippen LogP contribution in [0.3, 0.4) is 0 Å². The molecule has 2 N–H and O–H groups in total. The van der Waals surface area contributed by atoms with Crippen LogP contribution in [0.25, 0.3) is 0 Å². The van der Waals surface area contributed by atoms with Gasteiger partial charge in [0, 0.05) is 12.5 Å². The predicted octanol–water partition coefficient (Wildman–Crippen LogP) is 0.483. The third-order valence-corrected chi connectivity index (χ3v) is 2.90. The van der Waals surface area contributed by atoms with Gasteiger partial charge in [0.1, 0.15) is 6.10 Å². The third-order valence-electron chi connectivity index (χ3n) is 2.90. The molecular formula is C10H16N2O3. The van der Waals surface area contributed by atoms with Crippen molar-refractivity contribution in [3.05, 3.63) is 0 Å². The van der Waals surface area contributed by atoms with Crippen LogP contribution in [0.15, 0.2) is 0 Å². The summed E-state index contributed by atoms with van der Waals surface area (Å²) in [6, 6.07) is 0. The van der Waals surface area contributed by atoms with Gasteiger partial charge in [-0.2, -0.15) is 0 Å². The molecule has 1 aliphatic carbocycles. The number of nitrogens with two attached hydrogens (primary N) is 1. The monoisotopic (exact) mass is 212 g/mol. The average molecular weight is 212 g/mol. The van der Waals surface area contributed by atoms with E-state index in [-0.39, 0.29) is 17.9 Å². The van der Waals surface area contributed by atoms with E-state index < -0.39 is 6.09 Å². The van der Waals surface area contributed by atoms with E-state index in [2.05, 4.69) is 0 Å². The molecule has 5 heteroatoms. The quantitative estimate of drug-likeness (QED) is 0.723. The highest BCUT2D eigenvalue weighted by Gasteiger charge is 2.35. The predicted molar refractivity (Wildman–Crippen MR) is 53.0 cm³/mol. The first-order valence-corrected chi connectivity index (χ1v) is 5.41. The normalized spacial score (nSPS) is 26.1. The molecule has 0 aromatic rings. The molecule has 2 aliphatic rings. The minimum absolute atomic E-state index is 0.209. The molecule has 1 atom stereocenters. The maximum absolute atomic E-state index is 11.7. The van der Waals surface area contributed by atoms with Crippen LogP contribution in [0.4, 0.5) is 4.79 Å². The number of piperidine rings is 1. The van der Waals surface area contributed by atoms with Crippen LogP contribution < -0.4 is 5.73 Å². The van der Waals surface area contributed by atoms with Crippen molar-refractivity contribution in [3.8, 4) is 0 Å². The molecule has 0 aromatic heterocycles. The second kappa shape index (κ2) is 4.08. The summed E-state index contributed by atoms with van der Waals surface area (Å²) in [6.45, 7) is 1.30. The molecule has 15 heavy (non-hydrogen) atoms. The van der Waals surface area contributed by atoms with E-state index in [9.17, 15) is 9.59 Å². The first-order valence-electron chi connectivity index (χ1n) is 5.41. The molecule has 2 amide bonds.